The first-order valence-corrected chi connectivity index (χ1v) is 15.0. The van der Waals surface area contributed by atoms with E-state index in [0.717, 1.165) is 18.2 Å². The average molecular weight is 529 g/mol. The zero-order valence-corrected chi connectivity index (χ0v) is 15.3. The molecule has 0 saturated carbocycles. The van der Waals surface area contributed by atoms with E-state index in [1.54, 1.807) is 18.2 Å². The number of hydrogen-bond donors (Lipinski definition) is 0. The number of fused-ring (bicyclic) bond motifs is 2. The van der Waals surface area contributed by atoms with Crippen molar-refractivity contribution in [2.24, 2.45) is 0 Å². The molecule has 0 unspecified atom stereocenters. The summed E-state index contributed by atoms with van der Waals surface area (Å²) >= 11 is -3.20. The molecule has 0 spiro atoms. The van der Waals surface area contributed by atoms with Crippen molar-refractivity contribution in [3.05, 3.63) is 48.0 Å². The van der Waals surface area contributed by atoms with Gasteiger partial charge in [-0.05, 0) is 0 Å². The molecule has 0 bridgehead atoms. The van der Waals surface area contributed by atoms with Crippen LogP contribution in [0.3, 0.4) is 0 Å². The maximum absolute atomic E-state index is 12.8. The monoisotopic (exact) mass is 528 g/mol. The molecule has 0 aliphatic carbocycles. The summed E-state index contributed by atoms with van der Waals surface area (Å²) in [5.41, 5.74) is -0.864. The van der Waals surface area contributed by atoms with Crippen LogP contribution in [0.1, 0.15) is 5.56 Å². The van der Waals surface area contributed by atoms with Crippen molar-refractivity contribution in [2.75, 3.05) is 0 Å². The van der Waals surface area contributed by atoms with Gasteiger partial charge in [-0.25, -0.2) is 0 Å². The quantitative estimate of drug-likeness (QED) is 0.492. The molecule has 1 aliphatic heterocycles. The number of sulfone groups is 1. The molecule has 2 aromatic rings. The van der Waals surface area contributed by atoms with E-state index in [4.69, 9.17) is 8.51 Å². The van der Waals surface area contributed by atoms with Crippen molar-refractivity contribution >= 4 is 45.5 Å². The fourth-order valence-electron chi connectivity index (χ4n) is 2.17. The number of rotatable bonds is 0. The van der Waals surface area contributed by atoms with Crippen LogP contribution in [-0.4, -0.2) is 29.0 Å². The third-order valence-electron chi connectivity index (χ3n) is 3.15. The predicted molar refractivity (Wildman–Crippen MR) is 74.2 cm³/mol. The van der Waals surface area contributed by atoms with Crippen LogP contribution in [0.5, 0.6) is 0 Å². The van der Waals surface area contributed by atoms with Crippen LogP contribution < -0.4 is 6.54 Å². The van der Waals surface area contributed by atoms with Gasteiger partial charge in [-0.15, -0.1) is 0 Å². The Labute approximate surface area is 130 Å². The number of benzene rings is 2. The second-order valence-electron chi connectivity index (χ2n) is 4.43. The third kappa shape index (κ3) is 2.39. The van der Waals surface area contributed by atoms with Crippen LogP contribution in [0.15, 0.2) is 52.3 Å². The van der Waals surface area contributed by atoms with Gasteiger partial charge in [-0.2, -0.15) is 0 Å². The van der Waals surface area contributed by atoms with E-state index in [-0.39, 0.29) is 13.1 Å². The summed E-state index contributed by atoms with van der Waals surface area (Å²) in [7, 11) is 2.60. The summed E-state index contributed by atoms with van der Waals surface area (Å²) < 4.78 is 64.1. The normalized spacial score (nSPS) is 17.1. The van der Waals surface area contributed by atoms with Gasteiger partial charge in [-0.1, -0.05) is 0 Å². The molecular formula is C13H7BiClF3O2S. The Balaban J connectivity index is 2.31. The zero-order chi connectivity index (χ0) is 15.4. The third-order valence-corrected chi connectivity index (χ3v) is 15.7. The number of alkyl halides is 3. The van der Waals surface area contributed by atoms with Crippen molar-refractivity contribution in [1.29, 1.82) is 0 Å². The molecule has 1 aliphatic rings. The summed E-state index contributed by atoms with van der Waals surface area (Å²) in [6.45, 7) is 0. The first kappa shape index (κ1) is 15.3. The fourth-order valence-corrected chi connectivity index (χ4v) is 16.3. The minimum atomic E-state index is -4.52. The van der Waals surface area contributed by atoms with E-state index >= 15 is 0 Å². The summed E-state index contributed by atoms with van der Waals surface area (Å²) in [5, 5.41) is 0. The second-order valence-corrected chi connectivity index (χ2v) is 15.2. The SMILES string of the molecule is O=S1(=O)c2cccc[c]2[Bi]([Cl])[c]2cc(C(F)(F)F)ccc21. The molecule has 0 saturated heterocycles. The van der Waals surface area contributed by atoms with Gasteiger partial charge in [0.25, 0.3) is 0 Å². The van der Waals surface area contributed by atoms with Gasteiger partial charge in [0.1, 0.15) is 0 Å². The average Bonchev–Trinajstić information content (AvgIpc) is 2.44. The molecular weight excluding hydrogens is 522 g/mol. The predicted octanol–water partition coefficient (Wildman–Crippen LogP) is 2.20. The molecule has 2 nitrogen and oxygen atoms in total. The number of hydrogen-bond acceptors (Lipinski definition) is 2. The van der Waals surface area contributed by atoms with Crippen LogP contribution in [-0.2, 0) is 16.0 Å². The maximum atomic E-state index is 12.8. The molecule has 8 heteroatoms. The Hall–Kier alpha value is -0.647. The second kappa shape index (κ2) is 4.93. The van der Waals surface area contributed by atoms with E-state index < -0.39 is 42.1 Å². The van der Waals surface area contributed by atoms with Gasteiger partial charge in [0.05, 0.1) is 0 Å². The van der Waals surface area contributed by atoms with Gasteiger partial charge in [-0.3, -0.25) is 0 Å². The molecule has 2 aromatic carbocycles. The summed E-state index contributed by atoms with van der Waals surface area (Å²) in [5.74, 6) is 0. The Morgan fingerprint density at radius 3 is 2.24 bits per heavy atom. The summed E-state index contributed by atoms with van der Waals surface area (Å²) in [6, 6.07) is 9.00. The van der Waals surface area contributed by atoms with E-state index in [1.165, 1.54) is 6.07 Å². The molecule has 0 radical (unpaired) electrons. The Bertz CT molecular complexity index is 834. The Morgan fingerprint density at radius 2 is 1.57 bits per heavy atom. The van der Waals surface area contributed by atoms with Crippen LogP contribution >= 0.6 is 8.51 Å². The van der Waals surface area contributed by atoms with E-state index in [1.807, 2.05) is 0 Å². The molecule has 3 rings (SSSR count). The van der Waals surface area contributed by atoms with E-state index in [2.05, 4.69) is 0 Å². The molecule has 0 aromatic heterocycles. The molecule has 0 amide bonds. The van der Waals surface area contributed by atoms with Crippen LogP contribution in [0.4, 0.5) is 13.2 Å². The topological polar surface area (TPSA) is 34.1 Å². The van der Waals surface area contributed by atoms with Gasteiger partial charge in [0.15, 0.2) is 0 Å². The Kier molecular flexibility index (Phi) is 3.58. The summed E-state index contributed by atoms with van der Waals surface area (Å²) in [6.07, 6.45) is -4.52. The molecule has 0 fully saturated rings. The standard InChI is InChI=1S/C13H7F3O2S.Bi.ClH/c14-13(15,16)10-6-8-12(9-7-10)19(17,18)11-4-2-1-3-5-11;;/h1-4,6-8H;;1H/q;+1;/p-1. The van der Waals surface area contributed by atoms with Crippen LogP contribution in [0.25, 0.3) is 0 Å². The molecule has 1 heterocycles. The van der Waals surface area contributed by atoms with Crippen molar-refractivity contribution in [1.82, 2.24) is 0 Å². The fraction of sp³-hybridized carbons (Fsp3) is 0.0769. The van der Waals surface area contributed by atoms with E-state index in [9.17, 15) is 21.6 Å². The van der Waals surface area contributed by atoms with Gasteiger partial charge in [0.2, 0.25) is 0 Å². The minimum absolute atomic E-state index is 0.0815. The van der Waals surface area contributed by atoms with Gasteiger partial charge < -0.3 is 0 Å². The molecule has 110 valence electrons. The number of halogens is 4. The Morgan fingerprint density at radius 1 is 0.952 bits per heavy atom. The molecule has 21 heavy (non-hydrogen) atoms. The van der Waals surface area contributed by atoms with E-state index in [0.29, 0.717) is 3.27 Å². The van der Waals surface area contributed by atoms with Crippen molar-refractivity contribution < 1.29 is 21.6 Å². The zero-order valence-electron chi connectivity index (χ0n) is 10.2. The van der Waals surface area contributed by atoms with Crippen LogP contribution in [0.2, 0.25) is 0 Å². The first-order valence-electron chi connectivity index (χ1n) is 5.74. The van der Waals surface area contributed by atoms with Crippen LogP contribution in [0, 0.1) is 0 Å². The molecule has 0 N–H and O–H groups in total. The van der Waals surface area contributed by atoms with Gasteiger partial charge >= 0.3 is 131 Å². The van der Waals surface area contributed by atoms with Crippen molar-refractivity contribution in [3.8, 4) is 0 Å². The first-order chi connectivity index (χ1) is 9.73. The van der Waals surface area contributed by atoms with Crippen molar-refractivity contribution in [2.45, 2.75) is 16.0 Å². The summed E-state index contributed by atoms with van der Waals surface area (Å²) in [4.78, 5) is 0.0482. The van der Waals surface area contributed by atoms with Crippen molar-refractivity contribution in [3.63, 3.8) is 0 Å². The molecule has 0 atom stereocenters. The van der Waals surface area contributed by atoms with Gasteiger partial charge in [0, 0.05) is 0 Å².